The Balaban J connectivity index is 1.83. The summed E-state index contributed by atoms with van der Waals surface area (Å²) in [6.45, 7) is 4.28. The number of aryl methyl sites for hydroxylation is 1. The highest BCUT2D eigenvalue weighted by Gasteiger charge is 2.39. The molecule has 4 atom stereocenters. The minimum atomic E-state index is -1.24. The maximum Gasteiger partial charge on any atom is 0.305 e. The Hall–Kier alpha value is -3.14. The van der Waals surface area contributed by atoms with Crippen LogP contribution in [0.4, 0.5) is 0 Å². The second-order valence-electron chi connectivity index (χ2n) is 9.44. The van der Waals surface area contributed by atoms with Gasteiger partial charge in [-0.05, 0) is 57.1 Å². The molecule has 1 heterocycles. The molecule has 0 radical (unpaired) electrons. The molecule has 35 heavy (non-hydrogen) atoms. The number of carboxylic acid groups (broad SMARTS) is 1. The molecule has 2 aliphatic rings. The summed E-state index contributed by atoms with van der Waals surface area (Å²) in [6.07, 6.45) is 2.38. The minimum Gasteiger partial charge on any atom is -0.489 e. The van der Waals surface area contributed by atoms with Crippen LogP contribution in [-0.2, 0) is 25.6 Å². The number of amides is 3. The van der Waals surface area contributed by atoms with Crippen molar-refractivity contribution in [3.8, 4) is 5.75 Å². The van der Waals surface area contributed by atoms with Crippen LogP contribution in [0.15, 0.2) is 24.3 Å². The highest BCUT2D eigenvalue weighted by molar-refractivity contribution is 5.94. The van der Waals surface area contributed by atoms with Gasteiger partial charge in [0.15, 0.2) is 0 Å². The van der Waals surface area contributed by atoms with Crippen molar-refractivity contribution < 1.29 is 29.0 Å². The van der Waals surface area contributed by atoms with Gasteiger partial charge in [0.2, 0.25) is 17.7 Å². The van der Waals surface area contributed by atoms with Crippen molar-refractivity contribution in [1.29, 1.82) is 0 Å². The van der Waals surface area contributed by atoms with Crippen molar-refractivity contribution in [3.05, 3.63) is 29.8 Å². The van der Waals surface area contributed by atoms with Crippen molar-refractivity contribution >= 4 is 23.7 Å². The Morgan fingerprint density at radius 2 is 1.86 bits per heavy atom. The molecule has 4 N–H and O–H groups in total. The van der Waals surface area contributed by atoms with Gasteiger partial charge >= 0.3 is 5.97 Å². The van der Waals surface area contributed by atoms with E-state index in [9.17, 15) is 24.3 Å². The highest BCUT2D eigenvalue weighted by Crippen LogP contribution is 2.33. The Labute approximate surface area is 205 Å². The van der Waals surface area contributed by atoms with E-state index >= 15 is 0 Å². The summed E-state index contributed by atoms with van der Waals surface area (Å²) in [4.78, 5) is 51.5. The number of nitrogens with one attached hydrogen (secondary N) is 3. The summed E-state index contributed by atoms with van der Waals surface area (Å²) >= 11 is 0. The third-order valence-electron chi connectivity index (χ3n) is 6.53. The average Bonchev–Trinajstić information content (AvgIpc) is 3.65. The lowest BCUT2D eigenvalue weighted by Gasteiger charge is -2.30. The number of hydrogen-bond donors (Lipinski definition) is 4. The van der Waals surface area contributed by atoms with Crippen molar-refractivity contribution in [3.63, 3.8) is 0 Å². The molecule has 1 aliphatic carbocycles. The molecule has 3 amide bonds. The van der Waals surface area contributed by atoms with Crippen LogP contribution in [0.25, 0.3) is 0 Å². The molecule has 1 aromatic rings. The largest absolute Gasteiger partial charge is 0.489 e. The molecule has 0 unspecified atom stereocenters. The fraction of sp³-hybridized carbons (Fsp3) is 0.600. The van der Waals surface area contributed by atoms with Crippen LogP contribution in [0, 0.1) is 5.92 Å². The number of aliphatic carboxylic acids is 1. The molecule has 0 spiro atoms. The zero-order chi connectivity index (χ0) is 25.5. The Morgan fingerprint density at radius 3 is 2.54 bits per heavy atom. The number of rotatable bonds is 3. The van der Waals surface area contributed by atoms with E-state index in [1.54, 1.807) is 14.0 Å². The van der Waals surface area contributed by atoms with E-state index < -0.39 is 42.3 Å². The van der Waals surface area contributed by atoms with Gasteiger partial charge in [-0.25, -0.2) is 0 Å². The molecule has 1 fully saturated rings. The van der Waals surface area contributed by atoms with Gasteiger partial charge in [0.1, 0.15) is 23.9 Å². The number of benzene rings is 1. The van der Waals surface area contributed by atoms with Crippen LogP contribution in [0.2, 0.25) is 0 Å². The van der Waals surface area contributed by atoms with Crippen molar-refractivity contribution in [2.45, 2.75) is 70.2 Å². The summed E-state index contributed by atoms with van der Waals surface area (Å²) in [5.41, 5.74) is 0.994. The molecule has 192 valence electrons. The first kappa shape index (κ1) is 26.5. The summed E-state index contributed by atoms with van der Waals surface area (Å²) in [5.74, 6) is -1.63. The van der Waals surface area contributed by atoms with Crippen LogP contribution < -0.4 is 20.7 Å². The lowest BCUT2D eigenvalue weighted by atomic mass is 10.1. The molecule has 0 bridgehead atoms. The quantitative estimate of drug-likeness (QED) is 0.491. The van der Waals surface area contributed by atoms with Crippen molar-refractivity contribution in [2.75, 3.05) is 20.1 Å². The van der Waals surface area contributed by atoms with Crippen molar-refractivity contribution in [2.24, 2.45) is 5.92 Å². The molecule has 1 aromatic carbocycles. The fourth-order valence-corrected chi connectivity index (χ4v) is 4.14. The Morgan fingerprint density at radius 1 is 1.14 bits per heavy atom. The van der Waals surface area contributed by atoms with Crippen LogP contribution in [0.1, 0.15) is 45.1 Å². The maximum absolute atomic E-state index is 13.3. The Bertz CT molecular complexity index is 934. The molecule has 0 aromatic heterocycles. The summed E-state index contributed by atoms with van der Waals surface area (Å²) < 4.78 is 6.17. The smallest absolute Gasteiger partial charge is 0.305 e. The highest BCUT2D eigenvalue weighted by atomic mass is 16.5. The lowest BCUT2D eigenvalue weighted by Crippen LogP contribution is -2.57. The third kappa shape index (κ3) is 7.42. The van der Waals surface area contributed by atoms with Gasteiger partial charge in [-0.2, -0.15) is 0 Å². The molecule has 3 rings (SSSR count). The maximum atomic E-state index is 13.3. The van der Waals surface area contributed by atoms with Gasteiger partial charge in [-0.3, -0.25) is 19.2 Å². The predicted octanol–water partition coefficient (Wildman–Crippen LogP) is 0.691. The van der Waals surface area contributed by atoms with E-state index in [0.717, 1.165) is 24.2 Å². The molecular formula is C25H36N4O6. The van der Waals surface area contributed by atoms with Crippen LogP contribution >= 0.6 is 0 Å². The second-order valence-corrected chi connectivity index (χ2v) is 9.44. The number of carbonyl (C=O) groups excluding carboxylic acids is 3. The molecule has 1 saturated carbocycles. The molecule has 10 heteroatoms. The van der Waals surface area contributed by atoms with E-state index in [4.69, 9.17) is 4.74 Å². The van der Waals surface area contributed by atoms with Crippen LogP contribution in [0.3, 0.4) is 0 Å². The number of hydrogen-bond acceptors (Lipinski definition) is 6. The van der Waals surface area contributed by atoms with E-state index in [2.05, 4.69) is 16.0 Å². The number of nitrogens with zero attached hydrogens (tertiary/aromatic N) is 1. The van der Waals surface area contributed by atoms with E-state index in [1.165, 1.54) is 4.90 Å². The zero-order valence-electron chi connectivity index (χ0n) is 20.6. The van der Waals surface area contributed by atoms with Crippen LogP contribution in [-0.4, -0.2) is 78.1 Å². The number of carbonyl (C=O) groups is 4. The molecular weight excluding hydrogens is 452 g/mol. The SMILES string of the molecule is C[C@@H]1CN[C@@H](C2CC2)C(=O)N(C)[C@H](C)C(=O)N[C@H](CC(=O)O)C(=O)NCCCc2ccccc2O1. The average molecular weight is 489 g/mol. The minimum absolute atomic E-state index is 0.188. The second kappa shape index (κ2) is 12.0. The topological polar surface area (TPSA) is 137 Å². The molecule has 10 nitrogen and oxygen atoms in total. The first-order valence-electron chi connectivity index (χ1n) is 12.2. The number of para-hydroxylation sites is 1. The standard InChI is InChI=1S/C25H36N4O6/c1-15-14-27-22(18-10-11-18)25(34)29(3)16(2)23(32)28-19(13-21(30)31)24(33)26-12-6-8-17-7-4-5-9-20(17)35-15/h4-5,7,9,15-16,18-19,22,27H,6,8,10-14H2,1-3H3,(H,26,33)(H,28,32)(H,30,31)/t15-,16-,19-,22+/m1/s1. The summed E-state index contributed by atoms with van der Waals surface area (Å²) in [6, 6.07) is 5.13. The third-order valence-corrected chi connectivity index (χ3v) is 6.53. The van der Waals surface area contributed by atoms with Crippen LogP contribution in [0.5, 0.6) is 5.75 Å². The first-order chi connectivity index (χ1) is 16.7. The number of ether oxygens (including phenoxy) is 1. The number of likely N-dealkylation sites (N-methyl/N-ethyl adjacent to an activating group) is 1. The summed E-state index contributed by atoms with van der Waals surface area (Å²) in [5, 5.41) is 17.8. The number of fused-ring (bicyclic) bond motifs is 1. The Kier molecular flexibility index (Phi) is 9.08. The van der Waals surface area contributed by atoms with Gasteiger partial charge in [0.05, 0.1) is 12.5 Å². The van der Waals surface area contributed by atoms with E-state index in [-0.39, 0.29) is 17.9 Å². The van der Waals surface area contributed by atoms with Gasteiger partial charge in [0, 0.05) is 20.1 Å². The first-order valence-corrected chi connectivity index (χ1v) is 12.2. The molecule has 1 aliphatic heterocycles. The van der Waals surface area contributed by atoms with Crippen molar-refractivity contribution in [1.82, 2.24) is 20.9 Å². The normalized spacial score (nSPS) is 27.5. The number of carboxylic acids is 1. The monoisotopic (exact) mass is 488 g/mol. The zero-order valence-corrected chi connectivity index (χ0v) is 20.6. The van der Waals surface area contributed by atoms with E-state index in [0.29, 0.717) is 25.9 Å². The predicted molar refractivity (Wildman–Crippen MR) is 129 cm³/mol. The lowest BCUT2D eigenvalue weighted by molar-refractivity contribution is -0.143. The molecule has 0 saturated heterocycles. The van der Waals surface area contributed by atoms with Gasteiger partial charge in [-0.1, -0.05) is 18.2 Å². The van der Waals surface area contributed by atoms with Gasteiger partial charge < -0.3 is 30.7 Å². The van der Waals surface area contributed by atoms with E-state index in [1.807, 2.05) is 31.2 Å². The summed E-state index contributed by atoms with van der Waals surface area (Å²) in [7, 11) is 1.55. The van der Waals surface area contributed by atoms with Gasteiger partial charge in [0.25, 0.3) is 0 Å². The fourth-order valence-electron chi connectivity index (χ4n) is 4.14. The van der Waals surface area contributed by atoms with Gasteiger partial charge in [-0.15, -0.1) is 0 Å².